The predicted octanol–water partition coefficient (Wildman–Crippen LogP) is 4.93. The SMILES string of the molecule is Cc1cc(C(=O)CSc2nnc(C3CC3)n2C2CC2)c(C)n1CCC(C)C. The highest BCUT2D eigenvalue weighted by atomic mass is 32.2. The summed E-state index contributed by atoms with van der Waals surface area (Å²) in [5, 5.41) is 9.79. The Morgan fingerprint density at radius 1 is 1.22 bits per heavy atom. The van der Waals surface area contributed by atoms with Crippen LogP contribution in [0.5, 0.6) is 0 Å². The fourth-order valence-corrected chi connectivity index (χ4v) is 4.60. The van der Waals surface area contributed by atoms with Crippen LogP contribution in [0.1, 0.15) is 85.5 Å². The van der Waals surface area contributed by atoms with Gasteiger partial charge in [-0.3, -0.25) is 4.79 Å². The molecule has 6 heteroatoms. The molecule has 146 valence electrons. The van der Waals surface area contributed by atoms with Crippen molar-refractivity contribution >= 4 is 17.5 Å². The lowest BCUT2D eigenvalue weighted by atomic mass is 10.1. The van der Waals surface area contributed by atoms with Crippen LogP contribution in [-0.2, 0) is 6.54 Å². The van der Waals surface area contributed by atoms with Gasteiger partial charge in [-0.25, -0.2) is 0 Å². The molecule has 0 unspecified atom stereocenters. The van der Waals surface area contributed by atoms with Crippen molar-refractivity contribution < 1.29 is 4.79 Å². The lowest BCUT2D eigenvalue weighted by Crippen LogP contribution is -2.09. The second-order valence-corrected chi connectivity index (χ2v) is 9.49. The van der Waals surface area contributed by atoms with Crippen LogP contribution in [0.3, 0.4) is 0 Å². The molecule has 0 saturated heterocycles. The first-order chi connectivity index (χ1) is 13.0. The third kappa shape index (κ3) is 4.00. The van der Waals surface area contributed by atoms with Crippen LogP contribution in [0.15, 0.2) is 11.2 Å². The Labute approximate surface area is 165 Å². The molecule has 0 atom stereocenters. The summed E-state index contributed by atoms with van der Waals surface area (Å²) < 4.78 is 4.61. The highest BCUT2D eigenvalue weighted by molar-refractivity contribution is 7.99. The summed E-state index contributed by atoms with van der Waals surface area (Å²) in [7, 11) is 0. The molecule has 0 aliphatic heterocycles. The first-order valence-corrected chi connectivity index (χ1v) is 11.2. The van der Waals surface area contributed by atoms with Crippen molar-refractivity contribution in [2.75, 3.05) is 5.75 Å². The number of hydrogen-bond acceptors (Lipinski definition) is 4. The third-order valence-corrected chi connectivity index (χ3v) is 6.62. The minimum absolute atomic E-state index is 0.196. The lowest BCUT2D eigenvalue weighted by Gasteiger charge is -2.11. The smallest absolute Gasteiger partial charge is 0.191 e. The normalized spacial score (nSPS) is 17.1. The predicted molar refractivity (Wildman–Crippen MR) is 109 cm³/mol. The van der Waals surface area contributed by atoms with E-state index in [1.807, 2.05) is 0 Å². The van der Waals surface area contributed by atoms with E-state index in [0.717, 1.165) is 35.2 Å². The molecule has 2 aliphatic rings. The fraction of sp³-hybridized carbons (Fsp3) is 0.667. The van der Waals surface area contributed by atoms with Gasteiger partial charge in [0.1, 0.15) is 5.82 Å². The Bertz CT molecular complexity index is 843. The molecule has 0 radical (unpaired) electrons. The van der Waals surface area contributed by atoms with Crippen molar-refractivity contribution in [1.82, 2.24) is 19.3 Å². The Kier molecular flexibility index (Phi) is 5.19. The van der Waals surface area contributed by atoms with Crippen LogP contribution in [0.25, 0.3) is 0 Å². The largest absolute Gasteiger partial charge is 0.348 e. The molecule has 0 aromatic carbocycles. The summed E-state index contributed by atoms with van der Waals surface area (Å²) >= 11 is 1.56. The van der Waals surface area contributed by atoms with Crippen molar-refractivity contribution in [3.63, 3.8) is 0 Å². The van der Waals surface area contributed by atoms with Gasteiger partial charge in [0, 0.05) is 35.5 Å². The number of carbonyl (C=O) groups is 1. The zero-order valence-corrected chi connectivity index (χ0v) is 17.7. The van der Waals surface area contributed by atoms with Gasteiger partial charge in [-0.2, -0.15) is 0 Å². The summed E-state index contributed by atoms with van der Waals surface area (Å²) in [5.41, 5.74) is 3.14. The summed E-state index contributed by atoms with van der Waals surface area (Å²) in [4.78, 5) is 12.9. The van der Waals surface area contributed by atoms with Crippen LogP contribution >= 0.6 is 11.8 Å². The van der Waals surface area contributed by atoms with Crippen LogP contribution < -0.4 is 0 Å². The molecular formula is C21H30N4OS. The summed E-state index contributed by atoms with van der Waals surface area (Å²) in [6, 6.07) is 2.62. The number of carbonyl (C=O) groups excluding carboxylic acids is 1. The van der Waals surface area contributed by atoms with Gasteiger partial charge < -0.3 is 9.13 Å². The van der Waals surface area contributed by atoms with Crippen molar-refractivity contribution in [3.8, 4) is 0 Å². The molecular weight excluding hydrogens is 356 g/mol. The average Bonchev–Trinajstić information content (AvgIpc) is 3.55. The quantitative estimate of drug-likeness (QED) is 0.453. The maximum Gasteiger partial charge on any atom is 0.191 e. The van der Waals surface area contributed by atoms with Crippen LogP contribution in [0.2, 0.25) is 0 Å². The van der Waals surface area contributed by atoms with Crippen LogP contribution in [0.4, 0.5) is 0 Å². The van der Waals surface area contributed by atoms with Gasteiger partial charge in [0.05, 0.1) is 5.75 Å². The van der Waals surface area contributed by atoms with Crippen LogP contribution in [-0.4, -0.2) is 30.9 Å². The fourth-order valence-electron chi connectivity index (χ4n) is 3.71. The van der Waals surface area contributed by atoms with E-state index in [0.29, 0.717) is 23.6 Å². The summed E-state index contributed by atoms with van der Waals surface area (Å²) in [6.45, 7) is 9.63. The molecule has 0 spiro atoms. The van der Waals surface area contributed by atoms with Gasteiger partial charge in [-0.1, -0.05) is 25.6 Å². The summed E-state index contributed by atoms with van der Waals surface area (Å²) in [6.07, 6.45) is 6.04. The van der Waals surface area contributed by atoms with Crippen LogP contribution in [0, 0.1) is 19.8 Å². The Morgan fingerprint density at radius 3 is 2.59 bits per heavy atom. The molecule has 27 heavy (non-hydrogen) atoms. The molecule has 0 bridgehead atoms. The van der Waals surface area contributed by atoms with E-state index in [4.69, 9.17) is 0 Å². The molecule has 0 N–H and O–H groups in total. The Balaban J connectivity index is 1.45. The molecule has 4 rings (SSSR count). The van der Waals surface area contributed by atoms with Gasteiger partial charge in [-0.05, 0) is 57.9 Å². The van der Waals surface area contributed by atoms with Crippen molar-refractivity contribution in [2.24, 2.45) is 5.92 Å². The van der Waals surface area contributed by atoms with Crippen molar-refractivity contribution in [3.05, 3.63) is 28.8 Å². The molecule has 0 amide bonds. The van der Waals surface area contributed by atoms with E-state index in [-0.39, 0.29) is 5.78 Å². The highest BCUT2D eigenvalue weighted by Gasteiger charge is 2.36. The standard InChI is InChI=1S/C21H30N4OS/c1-13(2)9-10-24-14(3)11-18(15(24)4)19(26)12-27-21-23-22-20(16-5-6-16)25(21)17-7-8-17/h11,13,16-17H,5-10,12H2,1-4H3. The number of aryl methyl sites for hydroxylation is 1. The van der Waals surface area contributed by atoms with Gasteiger partial charge in [-0.15, -0.1) is 10.2 Å². The second kappa shape index (κ2) is 7.46. The van der Waals surface area contributed by atoms with E-state index in [1.165, 1.54) is 31.4 Å². The number of rotatable bonds is 9. The molecule has 2 fully saturated rings. The van der Waals surface area contributed by atoms with Gasteiger partial charge in [0.2, 0.25) is 0 Å². The summed E-state index contributed by atoms with van der Waals surface area (Å²) in [5.74, 6) is 3.05. The first kappa shape index (κ1) is 18.8. The van der Waals surface area contributed by atoms with Gasteiger partial charge in [0.25, 0.3) is 0 Å². The van der Waals surface area contributed by atoms with Crippen molar-refractivity contribution in [1.29, 1.82) is 0 Å². The zero-order chi connectivity index (χ0) is 19.1. The number of thioether (sulfide) groups is 1. The minimum Gasteiger partial charge on any atom is -0.348 e. The maximum atomic E-state index is 12.9. The van der Waals surface area contributed by atoms with Gasteiger partial charge >= 0.3 is 0 Å². The number of nitrogens with zero attached hydrogens (tertiary/aromatic N) is 4. The molecule has 2 aliphatic carbocycles. The number of ketones is 1. The second-order valence-electron chi connectivity index (χ2n) is 8.55. The number of hydrogen-bond donors (Lipinski definition) is 0. The van der Waals surface area contributed by atoms with Gasteiger partial charge in [0.15, 0.2) is 10.9 Å². The van der Waals surface area contributed by atoms with E-state index >= 15 is 0 Å². The monoisotopic (exact) mass is 386 g/mol. The molecule has 2 heterocycles. The Morgan fingerprint density at radius 2 is 1.96 bits per heavy atom. The molecule has 2 aromatic heterocycles. The number of Topliss-reactive ketones (excluding diaryl/α,β-unsaturated/α-hetero) is 1. The maximum absolute atomic E-state index is 12.9. The minimum atomic E-state index is 0.196. The first-order valence-electron chi connectivity index (χ1n) is 10.2. The lowest BCUT2D eigenvalue weighted by molar-refractivity contribution is 0.102. The average molecular weight is 387 g/mol. The molecule has 2 aromatic rings. The Hall–Kier alpha value is -1.56. The van der Waals surface area contributed by atoms with E-state index in [1.54, 1.807) is 11.8 Å². The van der Waals surface area contributed by atoms with E-state index in [2.05, 4.69) is 53.1 Å². The zero-order valence-electron chi connectivity index (χ0n) is 16.9. The topological polar surface area (TPSA) is 52.7 Å². The number of aromatic nitrogens is 4. The van der Waals surface area contributed by atoms with Crippen molar-refractivity contribution in [2.45, 2.75) is 83.5 Å². The molecule has 2 saturated carbocycles. The van der Waals surface area contributed by atoms with E-state index < -0.39 is 0 Å². The van der Waals surface area contributed by atoms with E-state index in [9.17, 15) is 4.79 Å². The highest BCUT2D eigenvalue weighted by Crippen LogP contribution is 2.46. The molecule has 5 nitrogen and oxygen atoms in total. The third-order valence-electron chi connectivity index (χ3n) is 5.68.